The summed E-state index contributed by atoms with van der Waals surface area (Å²) < 4.78 is 27.5. The molecule has 2 aromatic rings. The molecule has 0 radical (unpaired) electrons. The number of hydrogen-bond donors (Lipinski definition) is 1. The Morgan fingerprint density at radius 1 is 1.12 bits per heavy atom. The second-order valence-electron chi connectivity index (χ2n) is 3.58. The van der Waals surface area contributed by atoms with Crippen molar-refractivity contribution in [2.24, 2.45) is 0 Å². The Bertz CT molecular complexity index is 635. The minimum absolute atomic E-state index is 0. The summed E-state index contributed by atoms with van der Waals surface area (Å²) in [6.45, 7) is 1.99. The molecule has 0 bridgehead atoms. The van der Waals surface area contributed by atoms with E-state index in [0.717, 1.165) is 23.4 Å². The molecule has 0 saturated carbocycles. The van der Waals surface area contributed by atoms with E-state index in [1.165, 1.54) is 0 Å². The first-order chi connectivity index (χ1) is 7.54. The van der Waals surface area contributed by atoms with E-state index in [2.05, 4.69) is 4.18 Å². The lowest BCUT2D eigenvalue weighted by atomic mass is 10.1. The minimum atomic E-state index is -3.60. The molecule has 17 heavy (non-hydrogen) atoms. The van der Waals surface area contributed by atoms with E-state index in [-0.39, 0.29) is 11.0 Å². The molecule has 0 atom stereocenters. The van der Waals surface area contributed by atoms with Gasteiger partial charge in [0.25, 0.3) is 10.1 Å². The van der Waals surface area contributed by atoms with Gasteiger partial charge in [-0.05, 0) is 35.4 Å². The summed E-state index contributed by atoms with van der Waals surface area (Å²) in [4.78, 5) is 0.188. The molecule has 2 rings (SSSR count). The van der Waals surface area contributed by atoms with Crippen molar-refractivity contribution in [1.82, 2.24) is 6.15 Å². The van der Waals surface area contributed by atoms with Crippen molar-refractivity contribution in [3.05, 3.63) is 42.0 Å². The first-order valence-corrected chi connectivity index (χ1v) is 6.25. The maximum atomic E-state index is 11.5. The number of benzene rings is 2. The van der Waals surface area contributed by atoms with E-state index in [9.17, 15) is 8.42 Å². The lowest BCUT2D eigenvalue weighted by Crippen LogP contribution is -2.02. The van der Waals surface area contributed by atoms with Gasteiger partial charge in [-0.15, -0.1) is 0 Å². The third-order valence-electron chi connectivity index (χ3n) is 2.58. The maximum Gasteiger partial charge on any atom is 0.296 e. The molecule has 2 aromatic carbocycles. The van der Waals surface area contributed by atoms with Crippen molar-refractivity contribution in [3.63, 3.8) is 0 Å². The van der Waals surface area contributed by atoms with E-state index in [4.69, 9.17) is 0 Å². The summed E-state index contributed by atoms with van der Waals surface area (Å²) >= 11 is 0. The van der Waals surface area contributed by atoms with E-state index in [0.29, 0.717) is 0 Å². The molecule has 0 aliphatic heterocycles. The Kier molecular flexibility index (Phi) is 3.87. The van der Waals surface area contributed by atoms with Crippen LogP contribution in [-0.2, 0) is 14.3 Å². The van der Waals surface area contributed by atoms with Gasteiger partial charge in [0.05, 0.1) is 12.0 Å². The molecule has 3 N–H and O–H groups in total. The number of hydrogen-bond acceptors (Lipinski definition) is 4. The van der Waals surface area contributed by atoms with Crippen LogP contribution in [-0.4, -0.2) is 15.5 Å². The van der Waals surface area contributed by atoms with Crippen molar-refractivity contribution >= 4 is 20.9 Å². The van der Waals surface area contributed by atoms with Crippen molar-refractivity contribution in [1.29, 1.82) is 0 Å². The van der Waals surface area contributed by atoms with Gasteiger partial charge in [-0.3, -0.25) is 4.18 Å². The smallest absolute Gasteiger partial charge is 0.296 e. The number of fused-ring (bicyclic) bond motifs is 1. The summed E-state index contributed by atoms with van der Waals surface area (Å²) in [6.07, 6.45) is 0. The highest BCUT2D eigenvalue weighted by atomic mass is 32.2. The lowest BCUT2D eigenvalue weighted by molar-refractivity contribution is 0.398. The van der Waals surface area contributed by atoms with Crippen molar-refractivity contribution in [2.75, 3.05) is 7.11 Å². The molecule has 0 aliphatic rings. The Balaban J connectivity index is 0.00000144. The van der Waals surface area contributed by atoms with Gasteiger partial charge in [-0.25, -0.2) is 0 Å². The molecule has 0 aliphatic carbocycles. The van der Waals surface area contributed by atoms with E-state index in [1.807, 2.05) is 25.1 Å². The van der Waals surface area contributed by atoms with Gasteiger partial charge in [0.1, 0.15) is 0 Å². The van der Waals surface area contributed by atoms with Crippen LogP contribution in [0.25, 0.3) is 10.8 Å². The van der Waals surface area contributed by atoms with Gasteiger partial charge < -0.3 is 6.15 Å². The second-order valence-corrected chi connectivity index (χ2v) is 5.29. The first-order valence-electron chi connectivity index (χ1n) is 4.84. The van der Waals surface area contributed by atoms with Gasteiger partial charge in [0.2, 0.25) is 0 Å². The molecule has 92 valence electrons. The predicted molar refractivity (Wildman–Crippen MR) is 67.9 cm³/mol. The Morgan fingerprint density at radius 2 is 1.82 bits per heavy atom. The summed E-state index contributed by atoms with van der Waals surface area (Å²) in [7, 11) is -2.44. The highest BCUT2D eigenvalue weighted by Crippen LogP contribution is 2.22. The zero-order chi connectivity index (χ0) is 11.8. The Labute approximate surface area is 101 Å². The molecule has 0 aromatic heterocycles. The van der Waals surface area contributed by atoms with Crippen molar-refractivity contribution in [2.45, 2.75) is 11.8 Å². The Morgan fingerprint density at radius 3 is 2.47 bits per heavy atom. The molecule has 4 nitrogen and oxygen atoms in total. The second kappa shape index (κ2) is 4.83. The van der Waals surface area contributed by atoms with Crippen LogP contribution in [0.2, 0.25) is 0 Å². The minimum Gasteiger partial charge on any atom is -0.344 e. The molecule has 0 fully saturated rings. The van der Waals surface area contributed by atoms with Crippen molar-refractivity contribution < 1.29 is 12.6 Å². The van der Waals surface area contributed by atoms with Gasteiger partial charge in [-0.2, -0.15) is 8.42 Å². The number of aryl methyl sites for hydroxylation is 1. The topological polar surface area (TPSA) is 78.4 Å². The summed E-state index contributed by atoms with van der Waals surface area (Å²) in [5.74, 6) is 0. The molecule has 5 heteroatoms. The quantitative estimate of drug-likeness (QED) is 0.834. The van der Waals surface area contributed by atoms with E-state index >= 15 is 0 Å². The van der Waals surface area contributed by atoms with E-state index < -0.39 is 10.1 Å². The molecule has 0 unspecified atom stereocenters. The van der Waals surface area contributed by atoms with Gasteiger partial charge >= 0.3 is 0 Å². The molecule has 0 spiro atoms. The van der Waals surface area contributed by atoms with Crippen LogP contribution < -0.4 is 6.15 Å². The molecular weight excluding hydrogens is 238 g/mol. The average Bonchev–Trinajstić information content (AvgIpc) is 2.29. The summed E-state index contributed by atoms with van der Waals surface area (Å²) in [5.41, 5.74) is 1.12. The highest BCUT2D eigenvalue weighted by molar-refractivity contribution is 7.86. The predicted octanol–water partition coefficient (Wildman–Crippen LogP) is 2.65. The third-order valence-corrected chi connectivity index (χ3v) is 3.85. The summed E-state index contributed by atoms with van der Waals surface area (Å²) in [6, 6.07) is 10.8. The summed E-state index contributed by atoms with van der Waals surface area (Å²) in [5, 5.41) is 1.95. The van der Waals surface area contributed by atoms with Crippen LogP contribution in [0.15, 0.2) is 41.3 Å². The van der Waals surface area contributed by atoms with Gasteiger partial charge in [-0.1, -0.05) is 24.3 Å². The van der Waals surface area contributed by atoms with Gasteiger partial charge in [0, 0.05) is 0 Å². The molecule has 0 saturated heterocycles. The van der Waals surface area contributed by atoms with Crippen LogP contribution in [0.1, 0.15) is 5.56 Å². The number of rotatable bonds is 2. The van der Waals surface area contributed by atoms with Crippen LogP contribution in [0.5, 0.6) is 0 Å². The fourth-order valence-corrected chi connectivity index (χ4v) is 2.37. The maximum absolute atomic E-state index is 11.5. The Hall–Kier alpha value is -1.43. The lowest BCUT2D eigenvalue weighted by Gasteiger charge is -2.05. The standard InChI is InChI=1S/C12H12O3S.H3N/c1-9-4-3-5-10-8-11(6-7-12(9)10)16(13,14)15-2;/h3-8H,1-2H3;1H3. The molecular formula is C12H15NO3S. The SMILES string of the molecule is COS(=O)(=O)c1ccc2c(C)cccc2c1.N. The molecule has 0 amide bonds. The zero-order valence-electron chi connectivity index (χ0n) is 9.80. The monoisotopic (exact) mass is 253 g/mol. The molecule has 0 heterocycles. The fraction of sp³-hybridized carbons (Fsp3) is 0.167. The van der Waals surface area contributed by atoms with Gasteiger partial charge in [0.15, 0.2) is 0 Å². The highest BCUT2D eigenvalue weighted by Gasteiger charge is 2.13. The van der Waals surface area contributed by atoms with Crippen LogP contribution in [0.3, 0.4) is 0 Å². The fourth-order valence-electron chi connectivity index (χ4n) is 1.68. The van der Waals surface area contributed by atoms with E-state index in [1.54, 1.807) is 18.2 Å². The van der Waals surface area contributed by atoms with Crippen LogP contribution >= 0.6 is 0 Å². The van der Waals surface area contributed by atoms with Crippen LogP contribution in [0, 0.1) is 6.92 Å². The van der Waals surface area contributed by atoms with Crippen molar-refractivity contribution in [3.8, 4) is 0 Å². The first kappa shape index (κ1) is 13.6. The average molecular weight is 253 g/mol. The largest absolute Gasteiger partial charge is 0.344 e. The normalized spacial score (nSPS) is 11.2. The zero-order valence-corrected chi connectivity index (χ0v) is 10.6. The third kappa shape index (κ3) is 2.46. The van der Waals surface area contributed by atoms with Crippen LogP contribution in [0.4, 0.5) is 0 Å².